The monoisotopic (exact) mass is 603 g/mol. The number of fused-ring (bicyclic) bond motifs is 7. The van der Waals surface area contributed by atoms with Gasteiger partial charge in [0.05, 0.1) is 22.2 Å². The molecule has 0 N–H and O–H groups in total. The van der Waals surface area contributed by atoms with E-state index in [2.05, 4.69) is 95.6 Å². The molecule has 0 aliphatic carbocycles. The summed E-state index contributed by atoms with van der Waals surface area (Å²) < 4.78 is 15.0. The van der Waals surface area contributed by atoms with Crippen LogP contribution in [0.1, 0.15) is 0 Å². The van der Waals surface area contributed by atoms with Gasteiger partial charge in [0.15, 0.2) is 23.0 Å². The van der Waals surface area contributed by atoms with Crippen molar-refractivity contribution in [3.63, 3.8) is 0 Å². The fraction of sp³-hybridized carbons (Fsp3) is 0. The summed E-state index contributed by atoms with van der Waals surface area (Å²) in [5, 5.41) is 5.50. The molecule has 3 heterocycles. The van der Waals surface area contributed by atoms with Gasteiger partial charge in [-0.2, -0.15) is 0 Å². The van der Waals surface area contributed by atoms with Gasteiger partial charge in [-0.3, -0.25) is 4.57 Å². The van der Waals surface area contributed by atoms with Crippen molar-refractivity contribution in [2.75, 3.05) is 0 Å². The Morgan fingerprint density at radius 1 is 0.447 bits per heavy atom. The molecule has 5 heteroatoms. The molecule has 2 aromatic heterocycles. The van der Waals surface area contributed by atoms with Crippen LogP contribution in [0.25, 0.3) is 71.8 Å². The van der Waals surface area contributed by atoms with Crippen molar-refractivity contribution in [1.82, 2.24) is 14.5 Å². The first-order valence-corrected chi connectivity index (χ1v) is 15.7. The van der Waals surface area contributed by atoms with Crippen molar-refractivity contribution in [2.45, 2.75) is 0 Å². The number of para-hydroxylation sites is 2. The molecule has 0 saturated carbocycles. The van der Waals surface area contributed by atoms with Crippen LogP contribution in [0.3, 0.4) is 0 Å². The van der Waals surface area contributed by atoms with Crippen LogP contribution in [0.4, 0.5) is 0 Å². The van der Waals surface area contributed by atoms with Gasteiger partial charge in [0, 0.05) is 21.7 Å². The fourth-order valence-electron chi connectivity index (χ4n) is 6.89. The predicted octanol–water partition coefficient (Wildman–Crippen LogP) is 11.1. The highest BCUT2D eigenvalue weighted by Crippen LogP contribution is 2.49. The molecule has 1 aliphatic rings. The van der Waals surface area contributed by atoms with Gasteiger partial charge in [0.25, 0.3) is 0 Å². The molecule has 9 aromatic rings. The molecule has 10 rings (SSSR count). The van der Waals surface area contributed by atoms with Crippen molar-refractivity contribution in [1.29, 1.82) is 0 Å². The van der Waals surface area contributed by atoms with E-state index in [0.717, 1.165) is 71.6 Å². The Morgan fingerprint density at radius 3 is 1.94 bits per heavy atom. The number of nitrogens with zero attached hydrogens (tertiary/aromatic N) is 3. The van der Waals surface area contributed by atoms with Crippen LogP contribution in [-0.2, 0) is 0 Å². The van der Waals surface area contributed by atoms with Crippen LogP contribution < -0.4 is 9.47 Å². The predicted molar refractivity (Wildman–Crippen MR) is 189 cm³/mol. The minimum absolute atomic E-state index is 0.636. The van der Waals surface area contributed by atoms with Gasteiger partial charge in [-0.25, -0.2) is 9.97 Å². The lowest BCUT2D eigenvalue weighted by Gasteiger charge is -2.22. The highest BCUT2D eigenvalue weighted by atomic mass is 16.6. The smallest absolute Gasteiger partial charge is 0.235 e. The van der Waals surface area contributed by atoms with E-state index in [-0.39, 0.29) is 0 Å². The number of rotatable bonds is 3. The molecular weight excluding hydrogens is 578 g/mol. The zero-order chi connectivity index (χ0) is 30.9. The Hall–Kier alpha value is -6.46. The number of hydrogen-bond donors (Lipinski definition) is 0. The Morgan fingerprint density at radius 2 is 1.11 bits per heavy atom. The molecule has 0 radical (unpaired) electrons. The zero-order valence-corrected chi connectivity index (χ0v) is 25.1. The maximum Gasteiger partial charge on any atom is 0.235 e. The summed E-state index contributed by atoms with van der Waals surface area (Å²) in [5.74, 6) is 3.46. The third-order valence-electron chi connectivity index (χ3n) is 9.04. The third-order valence-corrected chi connectivity index (χ3v) is 9.04. The topological polar surface area (TPSA) is 49.2 Å². The van der Waals surface area contributed by atoms with Gasteiger partial charge in [-0.05, 0) is 64.4 Å². The van der Waals surface area contributed by atoms with Crippen LogP contribution in [0.15, 0.2) is 152 Å². The summed E-state index contributed by atoms with van der Waals surface area (Å²) in [7, 11) is 0. The molecule has 0 unspecified atom stereocenters. The van der Waals surface area contributed by atoms with Crippen LogP contribution in [0.2, 0.25) is 0 Å². The zero-order valence-electron chi connectivity index (χ0n) is 25.1. The molecule has 0 fully saturated rings. The van der Waals surface area contributed by atoms with Crippen molar-refractivity contribution in [3.8, 4) is 51.3 Å². The number of benzene rings is 7. The van der Waals surface area contributed by atoms with E-state index in [1.54, 1.807) is 0 Å². The summed E-state index contributed by atoms with van der Waals surface area (Å²) in [5.41, 5.74) is 7.07. The quantitative estimate of drug-likeness (QED) is 0.202. The van der Waals surface area contributed by atoms with Crippen molar-refractivity contribution < 1.29 is 9.47 Å². The molecule has 220 valence electrons. The molecule has 0 atom stereocenters. The summed E-state index contributed by atoms with van der Waals surface area (Å²) in [6.07, 6.45) is 0. The fourth-order valence-corrected chi connectivity index (χ4v) is 6.89. The highest BCUT2D eigenvalue weighted by Gasteiger charge is 2.23. The molecule has 5 nitrogen and oxygen atoms in total. The standard InChI is InChI=1S/C42H25N3O2/c1-2-11-26(12-3-1)41-31-15-6-8-18-33(31)43-42(44-41)45-34-19-9-7-16-32(34)40-30(17-10-20-35(40)45)29-21-22-36-37(25-29)47-39-24-28-14-5-4-13-27(28)23-38(39)46-36/h1-25H. The first-order valence-electron chi connectivity index (χ1n) is 15.7. The summed E-state index contributed by atoms with van der Waals surface area (Å²) in [6.45, 7) is 0. The minimum Gasteiger partial charge on any atom is -0.449 e. The van der Waals surface area contributed by atoms with E-state index in [0.29, 0.717) is 23.2 Å². The van der Waals surface area contributed by atoms with Crippen LogP contribution >= 0.6 is 0 Å². The number of aromatic nitrogens is 3. The highest BCUT2D eigenvalue weighted by molar-refractivity contribution is 6.15. The van der Waals surface area contributed by atoms with Crippen LogP contribution in [0, 0.1) is 0 Å². The lowest BCUT2D eigenvalue weighted by atomic mass is 9.99. The van der Waals surface area contributed by atoms with Gasteiger partial charge >= 0.3 is 0 Å². The second kappa shape index (κ2) is 10.0. The first kappa shape index (κ1) is 25.8. The Balaban J connectivity index is 1.16. The minimum atomic E-state index is 0.636. The first-order chi connectivity index (χ1) is 23.3. The molecule has 0 spiro atoms. The summed E-state index contributed by atoms with van der Waals surface area (Å²) >= 11 is 0. The SMILES string of the molecule is c1ccc(-c2nc(-n3c4ccccc4c4c(-c5ccc6c(c5)Oc5cc7ccccc7cc5O6)cccc43)nc3ccccc23)cc1. The normalized spacial score (nSPS) is 12.2. The van der Waals surface area contributed by atoms with Crippen molar-refractivity contribution in [2.24, 2.45) is 0 Å². The third kappa shape index (κ3) is 4.03. The van der Waals surface area contributed by atoms with E-state index in [4.69, 9.17) is 19.4 Å². The van der Waals surface area contributed by atoms with Gasteiger partial charge in [0.2, 0.25) is 5.95 Å². The molecule has 0 amide bonds. The Labute approximate surface area is 269 Å². The second-order valence-corrected chi connectivity index (χ2v) is 11.8. The maximum atomic E-state index is 6.47. The summed E-state index contributed by atoms with van der Waals surface area (Å²) in [4.78, 5) is 10.4. The van der Waals surface area contributed by atoms with Crippen LogP contribution in [-0.4, -0.2) is 14.5 Å². The molecule has 7 aromatic carbocycles. The Kier molecular flexibility index (Phi) is 5.51. The molecule has 0 bridgehead atoms. The molecular formula is C42H25N3O2. The summed E-state index contributed by atoms with van der Waals surface area (Å²) in [6, 6.07) is 52.0. The number of ether oxygens (including phenoxy) is 2. The second-order valence-electron chi connectivity index (χ2n) is 11.8. The molecule has 0 saturated heterocycles. The van der Waals surface area contributed by atoms with Crippen molar-refractivity contribution >= 4 is 43.5 Å². The molecule has 1 aliphatic heterocycles. The largest absolute Gasteiger partial charge is 0.449 e. The average molecular weight is 604 g/mol. The lowest BCUT2D eigenvalue weighted by molar-refractivity contribution is 0.360. The van der Waals surface area contributed by atoms with Gasteiger partial charge in [-0.1, -0.05) is 109 Å². The van der Waals surface area contributed by atoms with E-state index in [9.17, 15) is 0 Å². The van der Waals surface area contributed by atoms with Crippen LogP contribution in [0.5, 0.6) is 23.0 Å². The van der Waals surface area contributed by atoms with E-state index in [1.807, 2.05) is 60.7 Å². The van der Waals surface area contributed by atoms with Gasteiger partial charge in [-0.15, -0.1) is 0 Å². The van der Waals surface area contributed by atoms with Gasteiger partial charge < -0.3 is 9.47 Å². The molecule has 47 heavy (non-hydrogen) atoms. The Bertz CT molecular complexity index is 2700. The lowest BCUT2D eigenvalue weighted by Crippen LogP contribution is -2.03. The number of hydrogen-bond acceptors (Lipinski definition) is 4. The van der Waals surface area contributed by atoms with E-state index in [1.165, 1.54) is 0 Å². The van der Waals surface area contributed by atoms with E-state index < -0.39 is 0 Å². The average Bonchev–Trinajstić information content (AvgIpc) is 3.47. The van der Waals surface area contributed by atoms with E-state index >= 15 is 0 Å². The van der Waals surface area contributed by atoms with Gasteiger partial charge in [0.1, 0.15) is 0 Å². The maximum absolute atomic E-state index is 6.47. The van der Waals surface area contributed by atoms with Crippen molar-refractivity contribution in [3.05, 3.63) is 152 Å².